The van der Waals surface area contributed by atoms with E-state index >= 15 is 0 Å². The lowest BCUT2D eigenvalue weighted by atomic mass is 10.1. The van der Waals surface area contributed by atoms with Gasteiger partial charge in [-0.05, 0) is 6.92 Å². The van der Waals surface area contributed by atoms with E-state index in [1.165, 1.54) is 6.92 Å². The van der Waals surface area contributed by atoms with E-state index < -0.39 is 78.7 Å². The Morgan fingerprint density at radius 2 is 1.33 bits per heavy atom. The third-order valence-electron chi connectivity index (χ3n) is 3.67. The Morgan fingerprint density at radius 1 is 0.867 bits per heavy atom. The van der Waals surface area contributed by atoms with Gasteiger partial charge in [-0.2, -0.15) is 12.6 Å². The van der Waals surface area contributed by atoms with Crippen LogP contribution in [0.2, 0.25) is 0 Å². The van der Waals surface area contributed by atoms with Gasteiger partial charge in [-0.1, -0.05) is 0 Å². The first-order valence-corrected chi connectivity index (χ1v) is 9.11. The van der Waals surface area contributed by atoms with Crippen LogP contribution in [0, 0.1) is 0 Å². The van der Waals surface area contributed by atoms with Crippen molar-refractivity contribution < 1.29 is 44.1 Å². The molecule has 0 aliphatic carbocycles. The lowest BCUT2D eigenvalue weighted by molar-refractivity contribution is -0.144. The maximum Gasteiger partial charge on any atom is 0.326 e. The number of carbonyl (C=O) groups is 6. The Bertz CT molecular complexity index is 687. The van der Waals surface area contributed by atoms with E-state index in [0.717, 1.165) is 0 Å². The van der Waals surface area contributed by atoms with Crippen LogP contribution >= 0.6 is 12.6 Å². The van der Waals surface area contributed by atoms with Crippen LogP contribution in [-0.2, 0) is 28.8 Å². The van der Waals surface area contributed by atoms with Gasteiger partial charge in [-0.15, -0.1) is 0 Å². The second-order valence-corrected chi connectivity index (χ2v) is 6.60. The Hall–Kier alpha value is -2.91. The standard InChI is InChI=1S/C15H25N5O9S/c1-5(21)11(17)14(27)20-8(4-30)13(26)18-6(3-10(23)24)12(25)19-7(15(28)29)2-9(16)22/h5-8,11,21,30H,2-4,17H2,1H3,(H2,16,22)(H,18,26)(H,19,25)(H,20,27)(H,23,24)(H,28,29). The van der Waals surface area contributed by atoms with Crippen LogP contribution in [-0.4, -0.2) is 86.9 Å². The minimum absolute atomic E-state index is 0.273. The fraction of sp³-hybridized carbons (Fsp3) is 0.600. The maximum atomic E-state index is 12.4. The zero-order valence-electron chi connectivity index (χ0n) is 15.9. The predicted octanol–water partition coefficient (Wildman–Crippen LogP) is -4.49. The summed E-state index contributed by atoms with van der Waals surface area (Å²) in [6.45, 7) is 1.25. The number of aliphatic hydroxyl groups excluding tert-OH is 1. The zero-order chi connectivity index (χ0) is 23.6. The number of carboxylic acid groups (broad SMARTS) is 2. The monoisotopic (exact) mass is 451 g/mol. The first-order valence-electron chi connectivity index (χ1n) is 8.48. The molecule has 10 N–H and O–H groups in total. The minimum atomic E-state index is -1.74. The van der Waals surface area contributed by atoms with E-state index in [2.05, 4.69) is 23.3 Å². The van der Waals surface area contributed by atoms with Gasteiger partial charge in [-0.3, -0.25) is 24.0 Å². The molecule has 0 bridgehead atoms. The number of amides is 4. The number of nitrogens with two attached hydrogens (primary N) is 2. The van der Waals surface area contributed by atoms with Gasteiger partial charge < -0.3 is 42.7 Å². The van der Waals surface area contributed by atoms with Gasteiger partial charge in [0.15, 0.2) is 0 Å². The molecule has 0 aliphatic heterocycles. The molecule has 0 spiro atoms. The summed E-state index contributed by atoms with van der Waals surface area (Å²) in [4.78, 5) is 69.6. The molecule has 5 unspecified atom stereocenters. The number of hydrogen-bond acceptors (Lipinski definition) is 9. The lowest BCUT2D eigenvalue weighted by Crippen LogP contribution is -2.59. The molecule has 0 radical (unpaired) electrons. The van der Waals surface area contributed by atoms with Crippen LogP contribution in [0.15, 0.2) is 0 Å². The molecule has 30 heavy (non-hydrogen) atoms. The molecule has 170 valence electrons. The number of thiol groups is 1. The second-order valence-electron chi connectivity index (χ2n) is 6.24. The molecular weight excluding hydrogens is 426 g/mol. The quantitative estimate of drug-likeness (QED) is 0.121. The normalized spacial score (nSPS) is 15.6. The van der Waals surface area contributed by atoms with Gasteiger partial charge in [0.25, 0.3) is 0 Å². The van der Waals surface area contributed by atoms with Crippen molar-refractivity contribution in [2.75, 3.05) is 5.75 Å². The number of primary amides is 1. The van der Waals surface area contributed by atoms with Gasteiger partial charge in [0.05, 0.1) is 18.9 Å². The molecule has 0 rings (SSSR count). The first kappa shape index (κ1) is 27.1. The maximum absolute atomic E-state index is 12.4. The van der Waals surface area contributed by atoms with Crippen LogP contribution in [0.4, 0.5) is 0 Å². The topological polar surface area (TPSA) is 251 Å². The average Bonchev–Trinajstić information content (AvgIpc) is 2.62. The highest BCUT2D eigenvalue weighted by molar-refractivity contribution is 7.80. The van der Waals surface area contributed by atoms with E-state index in [1.807, 2.05) is 5.32 Å². The first-order chi connectivity index (χ1) is 13.8. The number of aliphatic hydroxyl groups is 1. The summed E-state index contributed by atoms with van der Waals surface area (Å²) < 4.78 is 0. The summed E-state index contributed by atoms with van der Waals surface area (Å²) in [5, 5.41) is 33.5. The minimum Gasteiger partial charge on any atom is -0.481 e. The molecule has 5 atom stereocenters. The third-order valence-corrected chi connectivity index (χ3v) is 4.03. The molecule has 0 aromatic heterocycles. The molecule has 0 fully saturated rings. The lowest BCUT2D eigenvalue weighted by Gasteiger charge is -2.24. The fourth-order valence-corrected chi connectivity index (χ4v) is 2.27. The van der Waals surface area contributed by atoms with Crippen LogP contribution < -0.4 is 27.4 Å². The van der Waals surface area contributed by atoms with Crippen LogP contribution in [0.5, 0.6) is 0 Å². The summed E-state index contributed by atoms with van der Waals surface area (Å²) in [7, 11) is 0. The molecular formula is C15H25N5O9S. The fourth-order valence-electron chi connectivity index (χ4n) is 2.01. The smallest absolute Gasteiger partial charge is 0.326 e. The molecule has 0 heterocycles. The van der Waals surface area contributed by atoms with Crippen LogP contribution in [0.25, 0.3) is 0 Å². The van der Waals surface area contributed by atoms with E-state index in [-0.39, 0.29) is 5.75 Å². The van der Waals surface area contributed by atoms with Gasteiger partial charge in [-0.25, -0.2) is 4.79 Å². The summed E-state index contributed by atoms with van der Waals surface area (Å²) in [6.07, 6.45) is -2.92. The highest BCUT2D eigenvalue weighted by Crippen LogP contribution is 2.01. The van der Waals surface area contributed by atoms with E-state index in [9.17, 15) is 33.9 Å². The molecule has 15 heteroatoms. The number of hydrogen-bond donors (Lipinski definition) is 9. The molecule has 0 aliphatic rings. The Labute approximate surface area is 176 Å². The van der Waals surface area contributed by atoms with E-state index in [4.69, 9.17) is 21.7 Å². The highest BCUT2D eigenvalue weighted by atomic mass is 32.1. The largest absolute Gasteiger partial charge is 0.481 e. The van der Waals surface area contributed by atoms with Crippen molar-refractivity contribution in [2.24, 2.45) is 11.5 Å². The van der Waals surface area contributed by atoms with Crippen LogP contribution in [0.1, 0.15) is 19.8 Å². The summed E-state index contributed by atoms with van der Waals surface area (Å²) in [5.41, 5.74) is 10.3. The zero-order valence-corrected chi connectivity index (χ0v) is 16.8. The third kappa shape index (κ3) is 9.53. The van der Waals surface area contributed by atoms with Crippen molar-refractivity contribution in [3.05, 3.63) is 0 Å². The number of carbonyl (C=O) groups excluding carboxylic acids is 4. The Kier molecular flexibility index (Phi) is 11.4. The van der Waals surface area contributed by atoms with Crippen LogP contribution in [0.3, 0.4) is 0 Å². The van der Waals surface area contributed by atoms with Crippen molar-refractivity contribution in [1.82, 2.24) is 16.0 Å². The van der Waals surface area contributed by atoms with E-state index in [0.29, 0.717) is 0 Å². The van der Waals surface area contributed by atoms with Gasteiger partial charge in [0.2, 0.25) is 23.6 Å². The average molecular weight is 451 g/mol. The van der Waals surface area contributed by atoms with Crippen molar-refractivity contribution in [1.29, 1.82) is 0 Å². The molecule has 4 amide bonds. The van der Waals surface area contributed by atoms with Crippen molar-refractivity contribution >= 4 is 48.2 Å². The number of rotatable bonds is 13. The molecule has 14 nitrogen and oxygen atoms in total. The van der Waals surface area contributed by atoms with Gasteiger partial charge in [0.1, 0.15) is 24.2 Å². The Morgan fingerprint density at radius 3 is 1.73 bits per heavy atom. The molecule has 0 aromatic rings. The van der Waals surface area contributed by atoms with Gasteiger partial charge >= 0.3 is 11.9 Å². The molecule has 0 saturated carbocycles. The van der Waals surface area contributed by atoms with E-state index in [1.54, 1.807) is 0 Å². The molecule has 0 aromatic carbocycles. The Balaban J connectivity index is 5.33. The molecule has 0 saturated heterocycles. The summed E-state index contributed by atoms with van der Waals surface area (Å²) in [6, 6.07) is -6.19. The highest BCUT2D eigenvalue weighted by Gasteiger charge is 2.32. The number of nitrogens with one attached hydrogen (secondary N) is 3. The van der Waals surface area contributed by atoms with Crippen molar-refractivity contribution in [3.8, 4) is 0 Å². The summed E-state index contributed by atoms with van der Waals surface area (Å²) >= 11 is 3.89. The number of carboxylic acids is 2. The SMILES string of the molecule is CC(O)C(N)C(=O)NC(CS)C(=O)NC(CC(=O)O)C(=O)NC(CC(N)=O)C(=O)O. The summed E-state index contributed by atoms with van der Waals surface area (Å²) in [5.74, 6) is -7.52. The number of aliphatic carboxylic acids is 2. The van der Waals surface area contributed by atoms with Crippen molar-refractivity contribution in [2.45, 2.75) is 50.0 Å². The second kappa shape index (κ2) is 12.6. The predicted molar refractivity (Wildman–Crippen MR) is 103 cm³/mol. The van der Waals surface area contributed by atoms with Crippen molar-refractivity contribution in [3.63, 3.8) is 0 Å². The van der Waals surface area contributed by atoms with Gasteiger partial charge in [0, 0.05) is 5.75 Å².